The molecular weight excluding hydrogens is 541 g/mol. The first kappa shape index (κ1) is 25.7. The van der Waals surface area contributed by atoms with Crippen molar-refractivity contribution in [3.8, 4) is 11.5 Å². The van der Waals surface area contributed by atoms with Crippen LogP contribution in [-0.4, -0.2) is 34.8 Å². The zero-order valence-electron chi connectivity index (χ0n) is 19.7. The van der Waals surface area contributed by atoms with Gasteiger partial charge >= 0.3 is 0 Å². The monoisotopic (exact) mass is 573 g/mol. The lowest BCUT2D eigenvalue weighted by Crippen LogP contribution is -2.36. The summed E-state index contributed by atoms with van der Waals surface area (Å²) >= 11 is 0. The van der Waals surface area contributed by atoms with Crippen molar-refractivity contribution in [3.63, 3.8) is 0 Å². The van der Waals surface area contributed by atoms with E-state index in [2.05, 4.69) is 40.7 Å². The summed E-state index contributed by atoms with van der Waals surface area (Å²) in [5.74, 6) is 1.58. The Balaban J connectivity index is 0.00000324. The van der Waals surface area contributed by atoms with Crippen LogP contribution < -0.4 is 10.6 Å². The minimum Gasteiger partial charge on any atom is -0.444 e. The second-order valence-electron chi connectivity index (χ2n) is 8.30. The van der Waals surface area contributed by atoms with Gasteiger partial charge in [0, 0.05) is 31.6 Å². The average Bonchev–Trinajstić information content (AvgIpc) is 3.46. The number of benzene rings is 2. The van der Waals surface area contributed by atoms with Gasteiger partial charge in [-0.2, -0.15) is 0 Å². The van der Waals surface area contributed by atoms with Crippen molar-refractivity contribution in [1.82, 2.24) is 20.5 Å². The van der Waals surface area contributed by atoms with Gasteiger partial charge < -0.3 is 20.0 Å². The molecule has 1 fully saturated rings. The molecular formula is C26H32IN5O2. The third-order valence-electron chi connectivity index (χ3n) is 5.59. The molecule has 0 bridgehead atoms. The van der Waals surface area contributed by atoms with Gasteiger partial charge in [-0.1, -0.05) is 42.0 Å². The summed E-state index contributed by atoms with van der Waals surface area (Å²) in [6.07, 6.45) is 3.30. The highest BCUT2D eigenvalue weighted by Crippen LogP contribution is 2.19. The number of halogens is 1. The van der Waals surface area contributed by atoms with E-state index in [1.807, 2.05) is 42.2 Å². The number of nitrogens with zero attached hydrogens (tertiary/aromatic N) is 3. The van der Waals surface area contributed by atoms with Gasteiger partial charge in [-0.25, -0.2) is 9.98 Å². The second kappa shape index (κ2) is 12.5. The molecule has 1 aromatic heterocycles. The number of oxazole rings is 1. The van der Waals surface area contributed by atoms with E-state index >= 15 is 0 Å². The molecule has 2 heterocycles. The molecule has 0 unspecified atom stereocenters. The highest BCUT2D eigenvalue weighted by Gasteiger charge is 2.19. The number of aryl methyl sites for hydroxylation is 1. The van der Waals surface area contributed by atoms with Crippen LogP contribution in [0.2, 0.25) is 0 Å². The Morgan fingerprint density at radius 2 is 1.94 bits per heavy atom. The van der Waals surface area contributed by atoms with Gasteiger partial charge in [0.15, 0.2) is 5.96 Å². The number of aliphatic imine (C=N–C) groups is 1. The number of amides is 1. The molecule has 0 spiro atoms. The molecule has 34 heavy (non-hydrogen) atoms. The zero-order valence-corrected chi connectivity index (χ0v) is 22.0. The molecule has 1 aliphatic heterocycles. The van der Waals surface area contributed by atoms with E-state index in [0.717, 1.165) is 47.9 Å². The highest BCUT2D eigenvalue weighted by atomic mass is 127. The van der Waals surface area contributed by atoms with Gasteiger partial charge in [0.2, 0.25) is 11.8 Å². The van der Waals surface area contributed by atoms with E-state index in [9.17, 15) is 4.79 Å². The van der Waals surface area contributed by atoms with Crippen molar-refractivity contribution >= 4 is 35.8 Å². The lowest BCUT2D eigenvalue weighted by Gasteiger charge is -2.16. The quantitative estimate of drug-likeness (QED) is 0.233. The number of likely N-dealkylation sites (tertiary alicyclic amines) is 1. The summed E-state index contributed by atoms with van der Waals surface area (Å²) in [6, 6.07) is 16.4. The SMILES string of the molecule is CCNC(=NCc1cccc(CN2CCCC2=O)c1)NCc1coc(-c2ccc(C)cc2)n1.I. The minimum atomic E-state index is 0. The van der Waals surface area contributed by atoms with Crippen molar-refractivity contribution < 1.29 is 9.21 Å². The third-order valence-corrected chi connectivity index (χ3v) is 5.59. The maximum absolute atomic E-state index is 11.9. The zero-order chi connectivity index (χ0) is 23.0. The van der Waals surface area contributed by atoms with Crippen LogP contribution in [0.3, 0.4) is 0 Å². The van der Waals surface area contributed by atoms with Gasteiger partial charge in [0.05, 0.1) is 18.8 Å². The number of rotatable bonds is 8. The topological polar surface area (TPSA) is 82.8 Å². The second-order valence-corrected chi connectivity index (χ2v) is 8.30. The van der Waals surface area contributed by atoms with Crippen LogP contribution in [0.5, 0.6) is 0 Å². The molecule has 180 valence electrons. The van der Waals surface area contributed by atoms with Gasteiger partial charge in [-0.3, -0.25) is 4.79 Å². The lowest BCUT2D eigenvalue weighted by molar-refractivity contribution is -0.128. The molecule has 1 aliphatic rings. The normalized spacial score (nSPS) is 13.6. The lowest BCUT2D eigenvalue weighted by atomic mass is 10.1. The van der Waals surface area contributed by atoms with E-state index in [-0.39, 0.29) is 29.9 Å². The standard InChI is InChI=1S/C26H31N5O2.HI/c1-3-27-26(29-16-23-18-33-25(30-23)22-11-9-19(2)10-12-22)28-15-20-6-4-7-21(14-20)17-31-13-5-8-24(31)32;/h4,6-7,9-12,14,18H,3,5,8,13,15-17H2,1-2H3,(H2,27,28,29);1H. The Morgan fingerprint density at radius 3 is 2.68 bits per heavy atom. The molecule has 7 nitrogen and oxygen atoms in total. The van der Waals surface area contributed by atoms with Gasteiger partial charge in [0.25, 0.3) is 0 Å². The predicted octanol–water partition coefficient (Wildman–Crippen LogP) is 4.65. The van der Waals surface area contributed by atoms with Crippen molar-refractivity contribution in [3.05, 3.63) is 77.2 Å². The highest BCUT2D eigenvalue weighted by molar-refractivity contribution is 14.0. The summed E-state index contributed by atoms with van der Waals surface area (Å²) in [4.78, 5) is 23.1. The molecule has 2 aromatic carbocycles. The number of hydrogen-bond acceptors (Lipinski definition) is 4. The first-order valence-electron chi connectivity index (χ1n) is 11.5. The number of hydrogen-bond donors (Lipinski definition) is 2. The van der Waals surface area contributed by atoms with E-state index < -0.39 is 0 Å². The van der Waals surface area contributed by atoms with E-state index in [0.29, 0.717) is 31.9 Å². The summed E-state index contributed by atoms with van der Waals surface area (Å²) < 4.78 is 5.65. The molecule has 0 radical (unpaired) electrons. The molecule has 0 saturated carbocycles. The summed E-state index contributed by atoms with van der Waals surface area (Å²) in [6.45, 7) is 7.43. The maximum atomic E-state index is 11.9. The van der Waals surface area contributed by atoms with Crippen LogP contribution in [0, 0.1) is 6.92 Å². The van der Waals surface area contributed by atoms with Crippen LogP contribution in [-0.2, 0) is 24.4 Å². The van der Waals surface area contributed by atoms with E-state index in [1.165, 1.54) is 5.56 Å². The largest absolute Gasteiger partial charge is 0.444 e. The molecule has 3 aromatic rings. The third kappa shape index (κ3) is 7.06. The Bertz CT molecular complexity index is 1110. The molecule has 0 aliphatic carbocycles. The molecule has 8 heteroatoms. The Morgan fingerprint density at radius 1 is 1.15 bits per heavy atom. The Labute approximate surface area is 218 Å². The van der Waals surface area contributed by atoms with Crippen molar-refractivity contribution in [1.29, 1.82) is 0 Å². The summed E-state index contributed by atoms with van der Waals surface area (Å²) in [5, 5.41) is 6.60. The van der Waals surface area contributed by atoms with Crippen LogP contribution in [0.4, 0.5) is 0 Å². The van der Waals surface area contributed by atoms with Crippen molar-refractivity contribution in [2.24, 2.45) is 4.99 Å². The number of carbonyl (C=O) groups excluding carboxylic acids is 1. The Hall–Kier alpha value is -2.88. The summed E-state index contributed by atoms with van der Waals surface area (Å²) in [5.41, 5.74) is 5.23. The first-order valence-corrected chi connectivity index (χ1v) is 11.5. The Kier molecular flexibility index (Phi) is 9.50. The first-order chi connectivity index (χ1) is 16.1. The molecule has 4 rings (SSSR count). The predicted molar refractivity (Wildman–Crippen MR) is 145 cm³/mol. The molecule has 2 N–H and O–H groups in total. The number of guanidine groups is 1. The van der Waals surface area contributed by atoms with Crippen LogP contribution in [0.15, 0.2) is 64.2 Å². The maximum Gasteiger partial charge on any atom is 0.226 e. The van der Waals surface area contributed by atoms with Gasteiger partial charge in [-0.05, 0) is 43.5 Å². The van der Waals surface area contributed by atoms with Gasteiger partial charge in [-0.15, -0.1) is 24.0 Å². The fourth-order valence-corrected chi connectivity index (χ4v) is 3.82. The fourth-order valence-electron chi connectivity index (χ4n) is 3.82. The number of carbonyl (C=O) groups is 1. The van der Waals surface area contributed by atoms with Crippen molar-refractivity contribution in [2.75, 3.05) is 13.1 Å². The number of aromatic nitrogens is 1. The van der Waals surface area contributed by atoms with E-state index in [1.54, 1.807) is 6.26 Å². The van der Waals surface area contributed by atoms with E-state index in [4.69, 9.17) is 9.41 Å². The van der Waals surface area contributed by atoms with Crippen LogP contribution >= 0.6 is 24.0 Å². The average molecular weight is 573 g/mol. The minimum absolute atomic E-state index is 0. The molecule has 0 atom stereocenters. The molecule has 1 amide bonds. The van der Waals surface area contributed by atoms with Crippen LogP contribution in [0.25, 0.3) is 11.5 Å². The number of nitrogens with one attached hydrogen (secondary N) is 2. The van der Waals surface area contributed by atoms with Gasteiger partial charge in [0.1, 0.15) is 6.26 Å². The van der Waals surface area contributed by atoms with Crippen molar-refractivity contribution in [2.45, 2.75) is 46.3 Å². The summed E-state index contributed by atoms with van der Waals surface area (Å²) in [7, 11) is 0. The fraction of sp³-hybridized carbons (Fsp3) is 0.346. The smallest absolute Gasteiger partial charge is 0.226 e. The van der Waals surface area contributed by atoms with Crippen LogP contribution in [0.1, 0.15) is 42.1 Å². The molecule has 1 saturated heterocycles.